The van der Waals surface area contributed by atoms with Gasteiger partial charge in [0.05, 0.1) is 12.6 Å². The average molecular weight is 291 g/mol. The first-order valence-electron chi connectivity index (χ1n) is 7.05. The summed E-state index contributed by atoms with van der Waals surface area (Å²) < 4.78 is 32.5. The SMILES string of the molecule is CCCCOc1ccc(C(N)c2cc(F)ccc2F)cc1. The molecule has 1 unspecified atom stereocenters. The van der Waals surface area contributed by atoms with Crippen LogP contribution < -0.4 is 10.5 Å². The molecular formula is C17H19F2NO. The van der Waals surface area contributed by atoms with Gasteiger partial charge in [-0.25, -0.2) is 8.78 Å². The average Bonchev–Trinajstić information content (AvgIpc) is 2.50. The molecule has 2 aromatic carbocycles. The summed E-state index contributed by atoms with van der Waals surface area (Å²) >= 11 is 0. The van der Waals surface area contributed by atoms with Crippen LogP contribution in [-0.4, -0.2) is 6.61 Å². The van der Waals surface area contributed by atoms with Crippen LogP contribution >= 0.6 is 0 Å². The zero-order valence-electron chi connectivity index (χ0n) is 12.0. The normalized spacial score (nSPS) is 12.2. The summed E-state index contributed by atoms with van der Waals surface area (Å²) in [6, 6.07) is 9.73. The van der Waals surface area contributed by atoms with Gasteiger partial charge in [0, 0.05) is 5.56 Å². The van der Waals surface area contributed by atoms with Crippen molar-refractivity contribution in [2.75, 3.05) is 6.61 Å². The Bertz CT molecular complexity index is 584. The Morgan fingerprint density at radius 2 is 1.81 bits per heavy atom. The molecule has 2 aromatic rings. The molecule has 21 heavy (non-hydrogen) atoms. The van der Waals surface area contributed by atoms with Crippen LogP contribution in [0.2, 0.25) is 0 Å². The lowest BCUT2D eigenvalue weighted by atomic mass is 9.99. The van der Waals surface area contributed by atoms with E-state index in [-0.39, 0.29) is 5.56 Å². The second-order valence-corrected chi connectivity index (χ2v) is 4.91. The lowest BCUT2D eigenvalue weighted by Crippen LogP contribution is -2.14. The van der Waals surface area contributed by atoms with Gasteiger partial charge in [0.2, 0.25) is 0 Å². The number of ether oxygens (including phenoxy) is 1. The third-order valence-corrected chi connectivity index (χ3v) is 3.30. The number of rotatable bonds is 6. The van der Waals surface area contributed by atoms with Crippen molar-refractivity contribution in [2.24, 2.45) is 5.73 Å². The fourth-order valence-corrected chi connectivity index (χ4v) is 2.04. The minimum atomic E-state index is -0.703. The van der Waals surface area contributed by atoms with Gasteiger partial charge in [-0.15, -0.1) is 0 Å². The largest absolute Gasteiger partial charge is 0.494 e. The zero-order valence-corrected chi connectivity index (χ0v) is 12.0. The predicted molar refractivity (Wildman–Crippen MR) is 79.2 cm³/mol. The minimum absolute atomic E-state index is 0.148. The Balaban J connectivity index is 2.12. The van der Waals surface area contributed by atoms with Gasteiger partial charge in [-0.2, -0.15) is 0 Å². The summed E-state index contributed by atoms with van der Waals surface area (Å²) in [6.07, 6.45) is 2.07. The van der Waals surface area contributed by atoms with Crippen molar-refractivity contribution in [2.45, 2.75) is 25.8 Å². The standard InChI is InChI=1S/C17H19F2NO/c1-2-3-10-21-14-7-4-12(5-8-14)17(20)15-11-13(18)6-9-16(15)19/h4-9,11,17H,2-3,10,20H2,1H3. The van der Waals surface area contributed by atoms with Crippen molar-refractivity contribution >= 4 is 0 Å². The third kappa shape index (κ3) is 4.02. The van der Waals surface area contributed by atoms with E-state index in [1.807, 2.05) is 0 Å². The molecule has 0 fully saturated rings. The number of halogens is 2. The number of benzene rings is 2. The van der Waals surface area contributed by atoms with E-state index < -0.39 is 17.7 Å². The molecule has 4 heteroatoms. The second kappa shape index (κ2) is 7.18. The molecule has 0 saturated heterocycles. The molecule has 0 bridgehead atoms. The molecule has 0 aliphatic rings. The van der Waals surface area contributed by atoms with Crippen molar-refractivity contribution in [3.05, 3.63) is 65.2 Å². The molecule has 112 valence electrons. The highest BCUT2D eigenvalue weighted by molar-refractivity contribution is 5.35. The first-order valence-corrected chi connectivity index (χ1v) is 7.05. The quantitative estimate of drug-likeness (QED) is 0.810. The Morgan fingerprint density at radius 3 is 2.48 bits per heavy atom. The van der Waals surface area contributed by atoms with Crippen LogP contribution in [0.4, 0.5) is 8.78 Å². The second-order valence-electron chi connectivity index (χ2n) is 4.91. The van der Waals surface area contributed by atoms with E-state index in [1.165, 1.54) is 0 Å². The van der Waals surface area contributed by atoms with Crippen molar-refractivity contribution in [1.82, 2.24) is 0 Å². The van der Waals surface area contributed by atoms with E-state index in [2.05, 4.69) is 6.92 Å². The Kier molecular flexibility index (Phi) is 5.28. The first-order chi connectivity index (χ1) is 10.1. The Morgan fingerprint density at radius 1 is 1.10 bits per heavy atom. The summed E-state index contributed by atoms with van der Waals surface area (Å²) in [4.78, 5) is 0. The van der Waals surface area contributed by atoms with E-state index in [1.54, 1.807) is 24.3 Å². The lowest BCUT2D eigenvalue weighted by molar-refractivity contribution is 0.309. The van der Waals surface area contributed by atoms with Crippen molar-refractivity contribution in [3.63, 3.8) is 0 Å². The number of hydrogen-bond acceptors (Lipinski definition) is 2. The van der Waals surface area contributed by atoms with Gasteiger partial charge in [0.15, 0.2) is 0 Å². The van der Waals surface area contributed by atoms with Crippen LogP contribution in [-0.2, 0) is 0 Å². The topological polar surface area (TPSA) is 35.2 Å². The lowest BCUT2D eigenvalue weighted by Gasteiger charge is -2.14. The maximum absolute atomic E-state index is 13.7. The smallest absolute Gasteiger partial charge is 0.128 e. The summed E-state index contributed by atoms with van der Waals surface area (Å²) in [7, 11) is 0. The van der Waals surface area contributed by atoms with Gasteiger partial charge in [0.1, 0.15) is 17.4 Å². The highest BCUT2D eigenvalue weighted by atomic mass is 19.1. The van der Waals surface area contributed by atoms with Gasteiger partial charge < -0.3 is 10.5 Å². The monoisotopic (exact) mass is 291 g/mol. The van der Waals surface area contributed by atoms with E-state index in [9.17, 15) is 8.78 Å². The van der Waals surface area contributed by atoms with Gasteiger partial charge in [-0.1, -0.05) is 25.5 Å². The maximum atomic E-state index is 13.7. The highest BCUT2D eigenvalue weighted by Crippen LogP contribution is 2.24. The van der Waals surface area contributed by atoms with Gasteiger partial charge >= 0.3 is 0 Å². The molecule has 0 spiro atoms. The molecule has 2 nitrogen and oxygen atoms in total. The Hall–Kier alpha value is -1.94. The minimum Gasteiger partial charge on any atom is -0.494 e. The third-order valence-electron chi connectivity index (χ3n) is 3.30. The van der Waals surface area contributed by atoms with Gasteiger partial charge in [-0.3, -0.25) is 0 Å². The summed E-state index contributed by atoms with van der Waals surface area (Å²) in [5, 5.41) is 0. The molecule has 0 saturated carbocycles. The van der Waals surface area contributed by atoms with Crippen LogP contribution in [0, 0.1) is 11.6 Å². The molecule has 0 aliphatic carbocycles. The molecule has 0 heterocycles. The van der Waals surface area contributed by atoms with Crippen LogP contribution in [0.5, 0.6) is 5.75 Å². The number of hydrogen-bond donors (Lipinski definition) is 1. The summed E-state index contributed by atoms with van der Waals surface area (Å²) in [5.41, 5.74) is 6.87. The fourth-order valence-electron chi connectivity index (χ4n) is 2.04. The Labute approximate surface area is 123 Å². The van der Waals surface area contributed by atoms with E-state index in [0.717, 1.165) is 36.8 Å². The molecule has 1 atom stereocenters. The molecular weight excluding hydrogens is 272 g/mol. The van der Waals surface area contributed by atoms with Crippen LogP contribution in [0.15, 0.2) is 42.5 Å². The number of unbranched alkanes of at least 4 members (excludes halogenated alkanes) is 1. The number of nitrogens with two attached hydrogens (primary N) is 1. The van der Waals surface area contributed by atoms with Crippen LogP contribution in [0.25, 0.3) is 0 Å². The molecule has 0 amide bonds. The molecule has 0 radical (unpaired) electrons. The van der Waals surface area contributed by atoms with Gasteiger partial charge in [-0.05, 0) is 42.3 Å². The van der Waals surface area contributed by atoms with E-state index in [0.29, 0.717) is 12.2 Å². The van der Waals surface area contributed by atoms with Crippen LogP contribution in [0.3, 0.4) is 0 Å². The van der Waals surface area contributed by atoms with E-state index >= 15 is 0 Å². The first kappa shape index (κ1) is 15.4. The summed E-state index contributed by atoms with van der Waals surface area (Å²) in [6.45, 7) is 2.76. The maximum Gasteiger partial charge on any atom is 0.128 e. The fraction of sp³-hybridized carbons (Fsp3) is 0.294. The molecule has 2 rings (SSSR count). The van der Waals surface area contributed by atoms with Crippen molar-refractivity contribution in [3.8, 4) is 5.75 Å². The summed E-state index contributed by atoms with van der Waals surface area (Å²) in [5.74, 6) is -0.257. The predicted octanol–water partition coefficient (Wildman–Crippen LogP) is 4.19. The van der Waals surface area contributed by atoms with Crippen molar-refractivity contribution < 1.29 is 13.5 Å². The van der Waals surface area contributed by atoms with Crippen molar-refractivity contribution in [1.29, 1.82) is 0 Å². The molecule has 0 aliphatic heterocycles. The zero-order chi connectivity index (χ0) is 15.2. The van der Waals surface area contributed by atoms with Crippen LogP contribution in [0.1, 0.15) is 36.9 Å². The van der Waals surface area contributed by atoms with Gasteiger partial charge in [0.25, 0.3) is 0 Å². The molecule has 2 N–H and O–H groups in total. The highest BCUT2D eigenvalue weighted by Gasteiger charge is 2.14. The van der Waals surface area contributed by atoms with E-state index in [4.69, 9.17) is 10.5 Å². The molecule has 0 aromatic heterocycles.